The van der Waals surface area contributed by atoms with E-state index in [2.05, 4.69) is 149 Å². The first kappa shape index (κ1) is 28.3. The van der Waals surface area contributed by atoms with Crippen LogP contribution in [-0.2, 0) is 0 Å². The van der Waals surface area contributed by atoms with Crippen LogP contribution in [-0.4, -0.2) is 0 Å². The molecular formula is C44H31FN2. The minimum Gasteiger partial charge on any atom is -0.310 e. The summed E-state index contributed by atoms with van der Waals surface area (Å²) in [5, 5.41) is 3.85. The molecule has 0 fully saturated rings. The third kappa shape index (κ3) is 5.38. The fourth-order valence-corrected chi connectivity index (χ4v) is 6.51. The summed E-state index contributed by atoms with van der Waals surface area (Å²) >= 11 is 0. The average Bonchev–Trinajstić information content (AvgIpc) is 3.14. The van der Waals surface area contributed by atoms with Gasteiger partial charge in [0.05, 0.1) is 11.4 Å². The van der Waals surface area contributed by atoms with Crippen molar-refractivity contribution in [2.75, 3.05) is 9.80 Å². The van der Waals surface area contributed by atoms with Gasteiger partial charge in [-0.1, -0.05) is 121 Å². The van der Waals surface area contributed by atoms with Crippen molar-refractivity contribution in [2.45, 2.75) is 0 Å². The standard InChI is InChI=1S/C44H31FN2/c45-42-27-12-26-41-40(42)25-13-29-44(41)47(36-20-5-2-6-21-36)38-23-10-17-34(31-38)33-16-9-22-37(30-33)46(35-18-3-1-4-19-35)43-28-11-15-32-14-7-8-24-39(32)43/h1-31H. The van der Waals surface area contributed by atoms with Gasteiger partial charge in [0.25, 0.3) is 0 Å². The number of anilines is 6. The second-order valence-corrected chi connectivity index (χ2v) is 11.6. The van der Waals surface area contributed by atoms with Gasteiger partial charge in [-0.05, 0) is 83.2 Å². The van der Waals surface area contributed by atoms with Crippen molar-refractivity contribution in [2.24, 2.45) is 0 Å². The fourth-order valence-electron chi connectivity index (χ4n) is 6.51. The molecule has 0 heterocycles. The summed E-state index contributed by atoms with van der Waals surface area (Å²) in [4.78, 5) is 4.54. The average molecular weight is 607 g/mol. The summed E-state index contributed by atoms with van der Waals surface area (Å²) in [5.74, 6) is -0.225. The minimum absolute atomic E-state index is 0.225. The van der Waals surface area contributed by atoms with Gasteiger partial charge in [0.1, 0.15) is 5.82 Å². The molecule has 224 valence electrons. The van der Waals surface area contributed by atoms with E-state index >= 15 is 0 Å². The molecule has 0 aliphatic heterocycles. The van der Waals surface area contributed by atoms with Crippen molar-refractivity contribution in [1.29, 1.82) is 0 Å². The normalized spacial score (nSPS) is 11.1. The van der Waals surface area contributed by atoms with E-state index in [0.29, 0.717) is 5.39 Å². The number of benzene rings is 8. The van der Waals surface area contributed by atoms with Crippen molar-refractivity contribution in [1.82, 2.24) is 0 Å². The lowest BCUT2D eigenvalue weighted by Gasteiger charge is -2.28. The van der Waals surface area contributed by atoms with Crippen LogP contribution in [0.2, 0.25) is 0 Å². The van der Waals surface area contributed by atoms with Crippen LogP contribution in [0, 0.1) is 5.82 Å². The number of hydrogen-bond acceptors (Lipinski definition) is 2. The van der Waals surface area contributed by atoms with Gasteiger partial charge < -0.3 is 9.80 Å². The van der Waals surface area contributed by atoms with E-state index < -0.39 is 0 Å². The van der Waals surface area contributed by atoms with Crippen LogP contribution >= 0.6 is 0 Å². The van der Waals surface area contributed by atoms with Crippen LogP contribution < -0.4 is 9.80 Å². The predicted octanol–water partition coefficient (Wildman–Crippen LogP) is 12.7. The maximum Gasteiger partial charge on any atom is 0.131 e. The number of rotatable bonds is 7. The van der Waals surface area contributed by atoms with Crippen molar-refractivity contribution in [3.63, 3.8) is 0 Å². The molecule has 0 aromatic heterocycles. The maximum atomic E-state index is 14.9. The smallest absolute Gasteiger partial charge is 0.131 e. The summed E-state index contributed by atoms with van der Waals surface area (Å²) in [6.45, 7) is 0. The zero-order valence-corrected chi connectivity index (χ0v) is 25.7. The molecule has 0 radical (unpaired) electrons. The number of nitrogens with zero attached hydrogens (tertiary/aromatic N) is 2. The summed E-state index contributed by atoms with van der Waals surface area (Å²) < 4.78 is 14.9. The molecule has 3 heteroatoms. The molecular weight excluding hydrogens is 575 g/mol. The largest absolute Gasteiger partial charge is 0.310 e. The second-order valence-electron chi connectivity index (χ2n) is 11.6. The molecule has 0 amide bonds. The van der Waals surface area contributed by atoms with E-state index in [9.17, 15) is 4.39 Å². The summed E-state index contributed by atoms with van der Waals surface area (Å²) in [7, 11) is 0. The van der Waals surface area contributed by atoms with Crippen LogP contribution in [0.25, 0.3) is 32.7 Å². The van der Waals surface area contributed by atoms with Crippen LogP contribution in [0.4, 0.5) is 38.5 Å². The van der Waals surface area contributed by atoms with E-state index in [1.807, 2.05) is 36.4 Å². The van der Waals surface area contributed by atoms with Crippen LogP contribution in [0.15, 0.2) is 188 Å². The third-order valence-electron chi connectivity index (χ3n) is 8.67. The number of fused-ring (bicyclic) bond motifs is 2. The van der Waals surface area contributed by atoms with Gasteiger partial charge in [0.15, 0.2) is 0 Å². The number of halogens is 1. The zero-order valence-electron chi connectivity index (χ0n) is 25.7. The Balaban J connectivity index is 1.27. The van der Waals surface area contributed by atoms with Crippen molar-refractivity contribution in [3.8, 4) is 11.1 Å². The lowest BCUT2D eigenvalue weighted by molar-refractivity contribution is 0.640. The molecule has 0 aliphatic carbocycles. The van der Waals surface area contributed by atoms with Gasteiger partial charge in [-0.15, -0.1) is 0 Å². The minimum atomic E-state index is -0.225. The molecule has 0 spiro atoms. The maximum absolute atomic E-state index is 14.9. The van der Waals surface area contributed by atoms with E-state index in [0.717, 1.165) is 50.6 Å². The molecule has 0 saturated heterocycles. The van der Waals surface area contributed by atoms with E-state index in [-0.39, 0.29) is 5.82 Å². The lowest BCUT2D eigenvalue weighted by atomic mass is 10.0. The third-order valence-corrected chi connectivity index (χ3v) is 8.67. The first-order valence-corrected chi connectivity index (χ1v) is 15.8. The summed E-state index contributed by atoms with van der Waals surface area (Å²) in [5.41, 5.74) is 8.38. The van der Waals surface area contributed by atoms with Crippen molar-refractivity contribution < 1.29 is 4.39 Å². The molecule has 8 aromatic carbocycles. The number of para-hydroxylation sites is 2. The molecule has 2 nitrogen and oxygen atoms in total. The Kier molecular flexibility index (Phi) is 7.41. The molecule has 0 saturated carbocycles. The number of hydrogen-bond donors (Lipinski definition) is 0. The molecule has 0 bridgehead atoms. The molecule has 0 atom stereocenters. The lowest BCUT2D eigenvalue weighted by Crippen LogP contribution is -2.11. The van der Waals surface area contributed by atoms with Gasteiger partial charge >= 0.3 is 0 Å². The molecule has 47 heavy (non-hydrogen) atoms. The van der Waals surface area contributed by atoms with Gasteiger partial charge in [-0.2, -0.15) is 0 Å². The van der Waals surface area contributed by atoms with Gasteiger partial charge in [0.2, 0.25) is 0 Å². The Morgan fingerprint density at radius 3 is 1.38 bits per heavy atom. The summed E-state index contributed by atoms with van der Waals surface area (Å²) in [6.07, 6.45) is 0. The topological polar surface area (TPSA) is 6.48 Å². The van der Waals surface area contributed by atoms with E-state index in [1.54, 1.807) is 6.07 Å². The van der Waals surface area contributed by atoms with Gasteiger partial charge in [-0.25, -0.2) is 4.39 Å². The van der Waals surface area contributed by atoms with Crippen LogP contribution in [0.3, 0.4) is 0 Å². The highest BCUT2D eigenvalue weighted by atomic mass is 19.1. The van der Waals surface area contributed by atoms with Gasteiger partial charge in [0, 0.05) is 38.9 Å². The Bertz CT molecular complexity index is 2330. The highest BCUT2D eigenvalue weighted by Crippen LogP contribution is 2.42. The quantitative estimate of drug-likeness (QED) is 0.178. The SMILES string of the molecule is Fc1cccc2c(N(c3ccccc3)c3cccc(-c4cccc(N(c5ccccc5)c5cccc6ccccc56)c4)c3)cccc12. The first-order chi connectivity index (χ1) is 23.2. The molecule has 0 aliphatic rings. The molecule has 8 aromatic rings. The van der Waals surface area contributed by atoms with Crippen molar-refractivity contribution in [3.05, 3.63) is 194 Å². The second kappa shape index (κ2) is 12.3. The van der Waals surface area contributed by atoms with E-state index in [1.165, 1.54) is 16.8 Å². The Hall–Kier alpha value is -6.19. The highest BCUT2D eigenvalue weighted by Gasteiger charge is 2.18. The monoisotopic (exact) mass is 606 g/mol. The molecule has 8 rings (SSSR count). The van der Waals surface area contributed by atoms with Crippen LogP contribution in [0.5, 0.6) is 0 Å². The summed E-state index contributed by atoms with van der Waals surface area (Å²) in [6, 6.07) is 64.2. The van der Waals surface area contributed by atoms with Crippen molar-refractivity contribution >= 4 is 55.7 Å². The zero-order chi connectivity index (χ0) is 31.6. The van der Waals surface area contributed by atoms with Crippen LogP contribution in [0.1, 0.15) is 0 Å². The molecule has 0 unspecified atom stereocenters. The Morgan fingerprint density at radius 1 is 0.319 bits per heavy atom. The van der Waals surface area contributed by atoms with Gasteiger partial charge in [-0.3, -0.25) is 0 Å². The Morgan fingerprint density at radius 2 is 0.745 bits per heavy atom. The first-order valence-electron chi connectivity index (χ1n) is 15.8. The highest BCUT2D eigenvalue weighted by molar-refractivity contribution is 6.00. The molecule has 0 N–H and O–H groups in total. The van der Waals surface area contributed by atoms with E-state index in [4.69, 9.17) is 0 Å². The Labute approximate surface area is 274 Å². The fraction of sp³-hybridized carbons (Fsp3) is 0. The predicted molar refractivity (Wildman–Crippen MR) is 196 cm³/mol.